The number of para-hydroxylation sites is 1. The van der Waals surface area contributed by atoms with Crippen molar-refractivity contribution in [2.45, 2.75) is 155 Å². The van der Waals surface area contributed by atoms with Gasteiger partial charge in [0.2, 0.25) is 5.91 Å². The molecule has 4 aromatic rings. The SMILES string of the molecule is CC(C)c1c(C(=O)Nc2ccccc2)c(-c2ccccc2)c(-c2ccc(F)cc2)n1CC[C@@H]1C[C@H](CC(=O)NCC[C@@H]2C[C@H](CC(=O)OC(C)(C)C)OC(C)(C)C2)OC(C)(C)O1. The molecule has 0 unspecified atom stereocenters. The molecule has 0 aliphatic carbocycles. The molecule has 2 aliphatic rings. The van der Waals surface area contributed by atoms with Crippen LogP contribution in [0.2, 0.25) is 0 Å². The maximum Gasteiger partial charge on any atom is 0.308 e. The fourth-order valence-electron chi connectivity index (χ4n) is 9.31. The Labute approximate surface area is 367 Å². The first-order chi connectivity index (χ1) is 29.3. The van der Waals surface area contributed by atoms with Gasteiger partial charge in [0.15, 0.2) is 5.79 Å². The highest BCUT2D eigenvalue weighted by Crippen LogP contribution is 2.43. The topological polar surface area (TPSA) is 117 Å². The third kappa shape index (κ3) is 12.6. The molecule has 2 amide bonds. The zero-order valence-corrected chi connectivity index (χ0v) is 38.0. The molecule has 2 fully saturated rings. The Morgan fingerprint density at radius 2 is 1.44 bits per heavy atom. The van der Waals surface area contributed by atoms with Crippen molar-refractivity contribution in [3.63, 3.8) is 0 Å². The van der Waals surface area contributed by atoms with Crippen LogP contribution in [-0.4, -0.2) is 64.2 Å². The van der Waals surface area contributed by atoms with Gasteiger partial charge in [0, 0.05) is 36.5 Å². The van der Waals surface area contributed by atoms with Gasteiger partial charge < -0.3 is 34.1 Å². The minimum atomic E-state index is -0.933. The minimum Gasteiger partial charge on any atom is -0.460 e. The number of anilines is 1. The van der Waals surface area contributed by atoms with Gasteiger partial charge in [-0.2, -0.15) is 0 Å². The summed E-state index contributed by atoms with van der Waals surface area (Å²) in [6.45, 7) is 18.6. The Balaban J connectivity index is 1.18. The van der Waals surface area contributed by atoms with E-state index in [4.69, 9.17) is 18.9 Å². The summed E-state index contributed by atoms with van der Waals surface area (Å²) >= 11 is 0. The number of aromatic nitrogens is 1. The lowest BCUT2D eigenvalue weighted by Crippen LogP contribution is -2.46. The molecule has 62 heavy (non-hydrogen) atoms. The van der Waals surface area contributed by atoms with E-state index in [1.54, 1.807) is 12.1 Å². The number of nitrogens with one attached hydrogen (secondary N) is 2. The van der Waals surface area contributed by atoms with E-state index in [0.29, 0.717) is 37.2 Å². The number of nitrogens with zero attached hydrogens (tertiary/aromatic N) is 1. The number of amides is 2. The first kappa shape index (κ1) is 46.7. The Bertz CT molecular complexity index is 2140. The van der Waals surface area contributed by atoms with Crippen LogP contribution in [0.3, 0.4) is 0 Å². The Morgan fingerprint density at radius 1 is 0.806 bits per heavy atom. The molecule has 0 saturated carbocycles. The summed E-state index contributed by atoms with van der Waals surface area (Å²) in [6, 6.07) is 25.7. The van der Waals surface area contributed by atoms with Crippen LogP contribution >= 0.6 is 0 Å². The molecule has 0 spiro atoms. The standard InChI is InChI=1S/C51H66FN3O7/c1-33(2)46-45(48(58)54-38-18-14-11-15-19-38)44(35-16-12-10-13-17-35)47(36-20-22-37(52)23-21-36)55(46)27-25-39-29-41(61-51(8,9)60-39)30-42(56)53-26-24-34-28-40(59-50(6,7)32-34)31-43(57)62-49(3,4)5/h10-23,33-34,39-41H,24-32H2,1-9H3,(H,53,56)(H,54,58)/t34-,39-,40-,41-/m1/s1. The van der Waals surface area contributed by atoms with Crippen LogP contribution < -0.4 is 10.6 Å². The summed E-state index contributed by atoms with van der Waals surface area (Å²) in [6.07, 6.45) is 2.95. The predicted octanol–water partition coefficient (Wildman–Crippen LogP) is 10.8. The van der Waals surface area contributed by atoms with Gasteiger partial charge in [0.1, 0.15) is 11.4 Å². The second-order valence-corrected chi connectivity index (χ2v) is 19.3. The molecule has 334 valence electrons. The number of hydrogen-bond donors (Lipinski definition) is 2. The number of hydrogen-bond acceptors (Lipinski definition) is 7. The molecule has 0 radical (unpaired) electrons. The van der Waals surface area contributed by atoms with Crippen LogP contribution in [-0.2, 0) is 35.1 Å². The van der Waals surface area contributed by atoms with Crippen LogP contribution in [0.25, 0.3) is 22.4 Å². The van der Waals surface area contributed by atoms with E-state index in [1.165, 1.54) is 12.1 Å². The zero-order valence-electron chi connectivity index (χ0n) is 38.0. The first-order valence-electron chi connectivity index (χ1n) is 22.2. The molecule has 11 heteroatoms. The molecule has 3 heterocycles. The highest BCUT2D eigenvalue weighted by atomic mass is 19.1. The van der Waals surface area contributed by atoms with Gasteiger partial charge in [-0.3, -0.25) is 14.4 Å². The van der Waals surface area contributed by atoms with Gasteiger partial charge in [-0.05, 0) is 134 Å². The van der Waals surface area contributed by atoms with E-state index in [0.717, 1.165) is 47.3 Å². The van der Waals surface area contributed by atoms with Crippen molar-refractivity contribution in [2.75, 3.05) is 11.9 Å². The molecule has 2 aliphatic heterocycles. The van der Waals surface area contributed by atoms with Crippen molar-refractivity contribution in [2.24, 2.45) is 5.92 Å². The smallest absolute Gasteiger partial charge is 0.308 e. The molecule has 6 rings (SSSR count). The number of esters is 1. The van der Waals surface area contributed by atoms with Crippen LogP contribution in [0.5, 0.6) is 0 Å². The molecular weight excluding hydrogens is 786 g/mol. The van der Waals surface area contributed by atoms with E-state index in [9.17, 15) is 18.8 Å². The number of ether oxygens (including phenoxy) is 4. The van der Waals surface area contributed by atoms with Crippen LogP contribution in [0.4, 0.5) is 10.1 Å². The van der Waals surface area contributed by atoms with Crippen molar-refractivity contribution in [1.29, 1.82) is 0 Å². The quantitative estimate of drug-likeness (QED) is 0.114. The van der Waals surface area contributed by atoms with Crippen molar-refractivity contribution in [1.82, 2.24) is 9.88 Å². The van der Waals surface area contributed by atoms with E-state index in [2.05, 4.69) is 29.0 Å². The van der Waals surface area contributed by atoms with E-state index < -0.39 is 11.4 Å². The predicted molar refractivity (Wildman–Crippen MR) is 241 cm³/mol. The van der Waals surface area contributed by atoms with Crippen molar-refractivity contribution < 1.29 is 37.7 Å². The van der Waals surface area contributed by atoms with Gasteiger partial charge in [0.25, 0.3) is 5.91 Å². The molecule has 10 nitrogen and oxygen atoms in total. The Kier molecular flexibility index (Phi) is 14.8. The number of benzene rings is 3. The van der Waals surface area contributed by atoms with Crippen molar-refractivity contribution in [3.05, 3.63) is 102 Å². The highest BCUT2D eigenvalue weighted by Gasteiger charge is 2.39. The van der Waals surface area contributed by atoms with Gasteiger partial charge >= 0.3 is 5.97 Å². The lowest BCUT2D eigenvalue weighted by molar-refractivity contribution is -0.300. The van der Waals surface area contributed by atoms with Crippen LogP contribution in [0.1, 0.15) is 129 Å². The lowest BCUT2D eigenvalue weighted by Gasteiger charge is -2.41. The van der Waals surface area contributed by atoms with Crippen molar-refractivity contribution >= 4 is 23.5 Å². The molecule has 2 N–H and O–H groups in total. The number of rotatable bonds is 15. The summed E-state index contributed by atoms with van der Waals surface area (Å²) in [4.78, 5) is 40.6. The average Bonchev–Trinajstić information content (AvgIpc) is 3.52. The molecule has 4 atom stereocenters. The summed E-state index contributed by atoms with van der Waals surface area (Å²) in [5, 5.41) is 6.28. The molecule has 2 saturated heterocycles. The Morgan fingerprint density at radius 3 is 2.08 bits per heavy atom. The second-order valence-electron chi connectivity index (χ2n) is 19.3. The van der Waals surface area contributed by atoms with Gasteiger partial charge in [-0.25, -0.2) is 4.39 Å². The largest absolute Gasteiger partial charge is 0.460 e. The van der Waals surface area contributed by atoms with E-state index in [-0.39, 0.29) is 72.2 Å². The number of carbonyl (C=O) groups excluding carboxylic acids is 3. The molecule has 0 bridgehead atoms. The van der Waals surface area contributed by atoms with Gasteiger partial charge in [-0.1, -0.05) is 62.4 Å². The fraction of sp³-hybridized carbons (Fsp3) is 0.510. The third-order valence-corrected chi connectivity index (χ3v) is 11.4. The van der Waals surface area contributed by atoms with Gasteiger partial charge in [-0.15, -0.1) is 0 Å². The number of halogens is 1. The average molecular weight is 852 g/mol. The first-order valence-corrected chi connectivity index (χ1v) is 22.2. The summed E-state index contributed by atoms with van der Waals surface area (Å²) in [5.74, 6) is -1.63. The highest BCUT2D eigenvalue weighted by molar-refractivity contribution is 6.12. The monoisotopic (exact) mass is 851 g/mol. The van der Waals surface area contributed by atoms with Crippen LogP contribution in [0, 0.1) is 11.7 Å². The fourth-order valence-corrected chi connectivity index (χ4v) is 9.31. The summed E-state index contributed by atoms with van der Waals surface area (Å²) < 4.78 is 41.3. The normalized spacial score (nSPS) is 21.0. The van der Waals surface area contributed by atoms with Crippen molar-refractivity contribution in [3.8, 4) is 22.4 Å². The number of carbonyl (C=O) groups is 3. The van der Waals surface area contributed by atoms with Crippen LogP contribution in [0.15, 0.2) is 84.9 Å². The third-order valence-electron chi connectivity index (χ3n) is 11.4. The van der Waals surface area contributed by atoms with Gasteiger partial charge in [0.05, 0.1) is 48.0 Å². The maximum atomic E-state index is 14.5. The Hall–Kier alpha value is -4.84. The summed E-state index contributed by atoms with van der Waals surface area (Å²) in [5.41, 5.74) is 4.45. The molecular formula is C51H66FN3O7. The maximum absolute atomic E-state index is 14.5. The lowest BCUT2D eigenvalue weighted by atomic mass is 9.83. The summed E-state index contributed by atoms with van der Waals surface area (Å²) in [7, 11) is 0. The second kappa shape index (κ2) is 19.7. The molecule has 3 aromatic carbocycles. The minimum absolute atomic E-state index is 0.0604. The van der Waals surface area contributed by atoms with E-state index in [1.807, 2.05) is 109 Å². The zero-order chi connectivity index (χ0) is 44.8. The molecule has 1 aromatic heterocycles. The van der Waals surface area contributed by atoms with E-state index >= 15 is 0 Å².